The van der Waals surface area contributed by atoms with Gasteiger partial charge >= 0.3 is 0 Å². The Morgan fingerprint density at radius 2 is 1.75 bits per heavy atom. The monoisotopic (exact) mass is 216 g/mol. The van der Waals surface area contributed by atoms with E-state index in [-0.39, 0.29) is 0 Å². The molecule has 0 saturated heterocycles. The smallest absolute Gasteiger partial charge is 0.0248 e. The summed E-state index contributed by atoms with van der Waals surface area (Å²) in [5.74, 6) is 1.92. The van der Waals surface area contributed by atoms with E-state index in [1.165, 1.54) is 50.5 Å². The Hall–Kier alpha value is -0.780. The highest BCUT2D eigenvalue weighted by Gasteiger charge is 2.22. The molecule has 1 aromatic carbocycles. The number of hydrogen-bond donors (Lipinski definition) is 0. The van der Waals surface area contributed by atoms with Gasteiger partial charge in [0.05, 0.1) is 0 Å². The second-order valence-corrected chi connectivity index (χ2v) is 5.26. The van der Waals surface area contributed by atoms with E-state index >= 15 is 0 Å². The van der Waals surface area contributed by atoms with Gasteiger partial charge in [0.2, 0.25) is 0 Å². The van der Waals surface area contributed by atoms with Crippen LogP contribution < -0.4 is 0 Å². The van der Waals surface area contributed by atoms with Crippen molar-refractivity contribution in [3.8, 4) is 0 Å². The minimum Gasteiger partial charge on any atom is -0.0651 e. The second-order valence-electron chi connectivity index (χ2n) is 5.26. The van der Waals surface area contributed by atoms with E-state index in [1.54, 1.807) is 0 Å². The Balaban J connectivity index is 1.94. The quantitative estimate of drug-likeness (QED) is 0.676. The lowest BCUT2D eigenvalue weighted by Gasteiger charge is -2.29. The molecule has 1 aromatic rings. The second kappa shape index (κ2) is 6.08. The molecular formula is C16H24. The first-order valence-electron chi connectivity index (χ1n) is 6.94. The maximum Gasteiger partial charge on any atom is -0.0248 e. The van der Waals surface area contributed by atoms with Crippen molar-refractivity contribution >= 4 is 0 Å². The van der Waals surface area contributed by atoms with Gasteiger partial charge in [-0.25, -0.2) is 0 Å². The van der Waals surface area contributed by atoms with E-state index in [0.29, 0.717) is 0 Å². The van der Waals surface area contributed by atoms with Crippen LogP contribution in [0.2, 0.25) is 0 Å². The van der Waals surface area contributed by atoms with E-state index in [9.17, 15) is 0 Å². The normalized spacial score (nSPS) is 19.6. The van der Waals surface area contributed by atoms with Crippen LogP contribution in [-0.4, -0.2) is 0 Å². The van der Waals surface area contributed by atoms with Gasteiger partial charge in [-0.2, -0.15) is 0 Å². The molecule has 88 valence electrons. The number of hydrogen-bond acceptors (Lipinski definition) is 0. The van der Waals surface area contributed by atoms with Gasteiger partial charge in [-0.1, -0.05) is 75.8 Å². The molecule has 0 amide bonds. The van der Waals surface area contributed by atoms with Crippen molar-refractivity contribution < 1.29 is 0 Å². The van der Waals surface area contributed by atoms with Crippen LogP contribution in [0.3, 0.4) is 0 Å². The molecule has 0 aromatic heterocycles. The molecule has 0 spiro atoms. The minimum absolute atomic E-state index is 0.919. The molecule has 0 aliphatic heterocycles. The van der Waals surface area contributed by atoms with E-state index < -0.39 is 0 Å². The lowest BCUT2D eigenvalue weighted by molar-refractivity contribution is 0.240. The van der Waals surface area contributed by atoms with E-state index in [4.69, 9.17) is 0 Å². The molecule has 0 N–H and O–H groups in total. The third-order valence-electron chi connectivity index (χ3n) is 4.18. The van der Waals surface area contributed by atoms with Crippen LogP contribution in [0.4, 0.5) is 0 Å². The van der Waals surface area contributed by atoms with Gasteiger partial charge in [-0.3, -0.25) is 0 Å². The lowest BCUT2D eigenvalue weighted by Crippen LogP contribution is -2.19. The average Bonchev–Trinajstić information content (AvgIpc) is 2.38. The molecule has 1 unspecified atom stereocenters. The van der Waals surface area contributed by atoms with Crippen LogP contribution >= 0.6 is 0 Å². The fraction of sp³-hybridized carbons (Fsp3) is 0.625. The van der Waals surface area contributed by atoms with Crippen molar-refractivity contribution in [2.45, 2.75) is 51.9 Å². The summed E-state index contributed by atoms with van der Waals surface area (Å²) >= 11 is 0. The van der Waals surface area contributed by atoms with Crippen molar-refractivity contribution in [1.82, 2.24) is 0 Å². The summed E-state index contributed by atoms with van der Waals surface area (Å²) in [6, 6.07) is 11.0. The average molecular weight is 216 g/mol. The van der Waals surface area contributed by atoms with Crippen LogP contribution in [0.5, 0.6) is 0 Å². The maximum absolute atomic E-state index is 2.36. The van der Waals surface area contributed by atoms with Gasteiger partial charge in [-0.05, 0) is 23.8 Å². The first-order valence-corrected chi connectivity index (χ1v) is 6.94. The summed E-state index contributed by atoms with van der Waals surface area (Å²) in [5.41, 5.74) is 1.53. The Morgan fingerprint density at radius 3 is 2.38 bits per heavy atom. The highest BCUT2D eigenvalue weighted by atomic mass is 14.3. The maximum atomic E-state index is 2.36. The summed E-state index contributed by atoms with van der Waals surface area (Å²) in [5, 5.41) is 0. The Morgan fingerprint density at radius 1 is 1.06 bits per heavy atom. The Labute approximate surface area is 100 Å². The van der Waals surface area contributed by atoms with Crippen LogP contribution in [0, 0.1) is 11.8 Å². The molecule has 1 atom stereocenters. The summed E-state index contributed by atoms with van der Waals surface area (Å²) < 4.78 is 0. The molecule has 0 radical (unpaired) electrons. The molecule has 1 aliphatic rings. The standard InChI is InChI=1S/C16H24/c1-2-15(16-11-7-4-8-12-16)13-14-9-5-3-6-10-14/h3,5-6,9-10,15-16H,2,4,7-8,11-13H2,1H3. The molecular weight excluding hydrogens is 192 g/mol. The predicted octanol–water partition coefficient (Wildman–Crippen LogP) is 4.84. The number of rotatable bonds is 4. The first kappa shape index (κ1) is 11.7. The van der Waals surface area contributed by atoms with Gasteiger partial charge in [0.15, 0.2) is 0 Å². The zero-order valence-corrected chi connectivity index (χ0v) is 10.5. The van der Waals surface area contributed by atoms with Crippen molar-refractivity contribution in [1.29, 1.82) is 0 Å². The Bertz CT molecular complexity index is 282. The third kappa shape index (κ3) is 3.10. The molecule has 0 bridgehead atoms. The predicted molar refractivity (Wildman–Crippen MR) is 70.5 cm³/mol. The van der Waals surface area contributed by atoms with Gasteiger partial charge in [0.1, 0.15) is 0 Å². The molecule has 0 nitrogen and oxygen atoms in total. The zero-order valence-electron chi connectivity index (χ0n) is 10.5. The van der Waals surface area contributed by atoms with E-state index in [2.05, 4.69) is 37.3 Å². The highest BCUT2D eigenvalue weighted by molar-refractivity contribution is 5.15. The van der Waals surface area contributed by atoms with Gasteiger partial charge < -0.3 is 0 Å². The molecule has 2 rings (SSSR count). The largest absolute Gasteiger partial charge is 0.0651 e. The minimum atomic E-state index is 0.919. The van der Waals surface area contributed by atoms with Crippen LogP contribution in [-0.2, 0) is 6.42 Å². The molecule has 1 aliphatic carbocycles. The summed E-state index contributed by atoms with van der Waals surface area (Å²) in [7, 11) is 0. The fourth-order valence-electron chi connectivity index (χ4n) is 3.17. The number of benzene rings is 1. The molecule has 1 saturated carbocycles. The van der Waals surface area contributed by atoms with E-state index in [1.807, 2.05) is 0 Å². The summed E-state index contributed by atoms with van der Waals surface area (Å²) in [6.07, 6.45) is 10.0. The van der Waals surface area contributed by atoms with Gasteiger partial charge in [-0.15, -0.1) is 0 Å². The zero-order chi connectivity index (χ0) is 11.2. The Kier molecular flexibility index (Phi) is 4.44. The SMILES string of the molecule is CCC(Cc1ccccc1)C1CCCCC1. The van der Waals surface area contributed by atoms with Crippen LogP contribution in [0.25, 0.3) is 0 Å². The van der Waals surface area contributed by atoms with Gasteiger partial charge in [0.25, 0.3) is 0 Å². The van der Waals surface area contributed by atoms with Gasteiger partial charge in [0, 0.05) is 0 Å². The summed E-state index contributed by atoms with van der Waals surface area (Å²) in [6.45, 7) is 2.36. The van der Waals surface area contributed by atoms with E-state index in [0.717, 1.165) is 11.8 Å². The molecule has 1 fully saturated rings. The van der Waals surface area contributed by atoms with Crippen molar-refractivity contribution in [2.24, 2.45) is 11.8 Å². The highest BCUT2D eigenvalue weighted by Crippen LogP contribution is 2.33. The van der Waals surface area contributed by atoms with Crippen LogP contribution in [0.15, 0.2) is 30.3 Å². The first-order chi connectivity index (χ1) is 7.90. The molecule has 0 heteroatoms. The molecule has 16 heavy (non-hydrogen) atoms. The van der Waals surface area contributed by atoms with Crippen LogP contribution in [0.1, 0.15) is 51.0 Å². The topological polar surface area (TPSA) is 0 Å². The van der Waals surface area contributed by atoms with Crippen molar-refractivity contribution in [3.05, 3.63) is 35.9 Å². The fourth-order valence-corrected chi connectivity index (χ4v) is 3.17. The third-order valence-corrected chi connectivity index (χ3v) is 4.18. The van der Waals surface area contributed by atoms with Crippen molar-refractivity contribution in [3.63, 3.8) is 0 Å². The van der Waals surface area contributed by atoms with Crippen molar-refractivity contribution in [2.75, 3.05) is 0 Å². The lowest BCUT2D eigenvalue weighted by atomic mass is 9.76. The summed E-state index contributed by atoms with van der Waals surface area (Å²) in [4.78, 5) is 0. The molecule has 0 heterocycles.